The Morgan fingerprint density at radius 1 is 1.33 bits per heavy atom. The van der Waals surface area contributed by atoms with E-state index in [1.165, 1.54) is 0 Å². The number of ether oxygens (including phenoxy) is 1. The van der Waals surface area contributed by atoms with Gasteiger partial charge in [0.2, 0.25) is 5.91 Å². The minimum Gasteiger partial charge on any atom is -0.491 e. The summed E-state index contributed by atoms with van der Waals surface area (Å²) in [7, 11) is 0. The highest BCUT2D eigenvalue weighted by Gasteiger charge is 2.18. The molecule has 3 nitrogen and oxygen atoms in total. The molecular formula is C14H18BrNO2. The van der Waals surface area contributed by atoms with Gasteiger partial charge in [0.05, 0.1) is 6.54 Å². The molecule has 1 aliphatic heterocycles. The van der Waals surface area contributed by atoms with Gasteiger partial charge in [-0.05, 0) is 18.9 Å². The van der Waals surface area contributed by atoms with Crippen LogP contribution >= 0.6 is 15.9 Å². The molecule has 0 aliphatic carbocycles. The van der Waals surface area contributed by atoms with Crippen LogP contribution in [0.1, 0.15) is 24.8 Å². The van der Waals surface area contributed by atoms with Gasteiger partial charge in [-0.2, -0.15) is 0 Å². The summed E-state index contributed by atoms with van der Waals surface area (Å²) in [6.45, 7) is 1.94. The Bertz CT molecular complexity index is 409. The number of para-hydroxylation sites is 1. The molecule has 2 rings (SSSR count). The lowest BCUT2D eigenvalue weighted by molar-refractivity contribution is -0.132. The van der Waals surface area contributed by atoms with E-state index < -0.39 is 0 Å². The number of carbonyl (C=O) groups is 1. The molecule has 0 bridgehead atoms. The zero-order valence-electron chi connectivity index (χ0n) is 10.4. The number of nitrogens with zero attached hydrogens (tertiary/aromatic N) is 1. The number of halogens is 1. The van der Waals surface area contributed by atoms with Crippen LogP contribution in [0.5, 0.6) is 5.75 Å². The fraction of sp³-hybridized carbons (Fsp3) is 0.500. The molecule has 98 valence electrons. The number of amides is 1. The lowest BCUT2D eigenvalue weighted by Gasteiger charge is -2.19. The van der Waals surface area contributed by atoms with E-state index in [1.54, 1.807) is 0 Å². The molecule has 0 fully saturated rings. The summed E-state index contributed by atoms with van der Waals surface area (Å²) in [6.07, 6.45) is 2.63. The fourth-order valence-corrected chi connectivity index (χ4v) is 2.46. The Hall–Kier alpha value is -1.03. The van der Waals surface area contributed by atoms with Crippen molar-refractivity contribution in [2.24, 2.45) is 0 Å². The van der Waals surface area contributed by atoms with E-state index in [2.05, 4.69) is 15.9 Å². The van der Waals surface area contributed by atoms with Crippen molar-refractivity contribution in [2.45, 2.75) is 25.8 Å². The van der Waals surface area contributed by atoms with Gasteiger partial charge in [0.1, 0.15) is 12.4 Å². The molecule has 1 aliphatic rings. The van der Waals surface area contributed by atoms with Gasteiger partial charge < -0.3 is 9.64 Å². The van der Waals surface area contributed by atoms with Crippen LogP contribution in [-0.2, 0) is 11.3 Å². The van der Waals surface area contributed by atoms with E-state index in [9.17, 15) is 4.79 Å². The van der Waals surface area contributed by atoms with E-state index >= 15 is 0 Å². The van der Waals surface area contributed by atoms with Crippen molar-refractivity contribution in [3.63, 3.8) is 0 Å². The number of unbranched alkanes of at least 4 members (excludes halogenated alkanes) is 1. The van der Waals surface area contributed by atoms with Gasteiger partial charge in [-0.1, -0.05) is 34.1 Å². The van der Waals surface area contributed by atoms with Crippen LogP contribution < -0.4 is 4.74 Å². The Balaban J connectivity index is 1.97. The first kappa shape index (κ1) is 13.4. The third kappa shape index (κ3) is 3.48. The SMILES string of the molecule is O=C(CCCCBr)N1CCOc2ccccc2C1. The molecule has 0 radical (unpaired) electrons. The average Bonchev–Trinajstić information content (AvgIpc) is 2.61. The lowest BCUT2D eigenvalue weighted by atomic mass is 10.1. The molecular weight excluding hydrogens is 294 g/mol. The van der Waals surface area contributed by atoms with Crippen LogP contribution in [-0.4, -0.2) is 29.3 Å². The summed E-state index contributed by atoms with van der Waals surface area (Å²) in [5.74, 6) is 1.14. The standard InChI is InChI=1S/C14H18BrNO2/c15-8-4-3-7-14(17)16-9-10-18-13-6-2-1-5-12(13)11-16/h1-2,5-6H,3-4,7-11H2. The monoisotopic (exact) mass is 311 g/mol. The fourth-order valence-electron chi connectivity index (χ4n) is 2.07. The predicted octanol–water partition coefficient (Wildman–Crippen LogP) is 2.97. The van der Waals surface area contributed by atoms with Crippen molar-refractivity contribution in [3.05, 3.63) is 29.8 Å². The Morgan fingerprint density at radius 2 is 2.17 bits per heavy atom. The molecule has 0 atom stereocenters. The van der Waals surface area contributed by atoms with E-state index in [-0.39, 0.29) is 5.91 Å². The topological polar surface area (TPSA) is 29.5 Å². The van der Waals surface area contributed by atoms with Crippen LogP contribution in [0.2, 0.25) is 0 Å². The van der Waals surface area contributed by atoms with Crippen LogP contribution in [0.25, 0.3) is 0 Å². The summed E-state index contributed by atoms with van der Waals surface area (Å²) in [5.41, 5.74) is 1.10. The third-order valence-electron chi connectivity index (χ3n) is 3.08. The van der Waals surface area contributed by atoms with E-state index in [4.69, 9.17) is 4.74 Å². The molecule has 4 heteroatoms. The molecule has 0 aromatic heterocycles. The number of alkyl halides is 1. The van der Waals surface area contributed by atoms with Gasteiger partial charge in [0, 0.05) is 23.9 Å². The van der Waals surface area contributed by atoms with E-state index in [0.29, 0.717) is 26.1 Å². The molecule has 18 heavy (non-hydrogen) atoms. The second kappa shape index (κ2) is 6.78. The Morgan fingerprint density at radius 3 is 3.00 bits per heavy atom. The number of hydrogen-bond acceptors (Lipinski definition) is 2. The summed E-state index contributed by atoms with van der Waals surface area (Å²) in [4.78, 5) is 14.0. The van der Waals surface area contributed by atoms with Crippen molar-refractivity contribution >= 4 is 21.8 Å². The number of benzene rings is 1. The molecule has 1 heterocycles. The van der Waals surface area contributed by atoms with Crippen LogP contribution in [0.3, 0.4) is 0 Å². The molecule has 1 aromatic carbocycles. The first-order valence-corrected chi connectivity index (χ1v) is 7.48. The maximum absolute atomic E-state index is 12.1. The van der Waals surface area contributed by atoms with Gasteiger partial charge in [0.25, 0.3) is 0 Å². The second-order valence-corrected chi connectivity index (χ2v) is 5.21. The van der Waals surface area contributed by atoms with Gasteiger partial charge >= 0.3 is 0 Å². The summed E-state index contributed by atoms with van der Waals surface area (Å²) >= 11 is 3.38. The average molecular weight is 312 g/mol. The number of fused-ring (bicyclic) bond motifs is 1. The van der Waals surface area contributed by atoms with Crippen molar-refractivity contribution < 1.29 is 9.53 Å². The molecule has 1 amide bonds. The third-order valence-corrected chi connectivity index (χ3v) is 3.64. The van der Waals surface area contributed by atoms with Gasteiger partial charge in [-0.3, -0.25) is 4.79 Å². The first-order valence-electron chi connectivity index (χ1n) is 6.35. The molecule has 0 saturated heterocycles. The van der Waals surface area contributed by atoms with Gasteiger partial charge in [-0.25, -0.2) is 0 Å². The quantitative estimate of drug-likeness (QED) is 0.632. The molecule has 0 N–H and O–H groups in total. The predicted molar refractivity (Wildman–Crippen MR) is 75.0 cm³/mol. The smallest absolute Gasteiger partial charge is 0.222 e. The Kier molecular flexibility index (Phi) is 5.05. The van der Waals surface area contributed by atoms with Crippen LogP contribution in [0.4, 0.5) is 0 Å². The summed E-state index contributed by atoms with van der Waals surface area (Å²) in [5, 5.41) is 0.965. The molecule has 0 saturated carbocycles. The first-order chi connectivity index (χ1) is 8.81. The number of rotatable bonds is 4. The van der Waals surface area contributed by atoms with Crippen molar-refractivity contribution in [1.82, 2.24) is 4.90 Å². The molecule has 1 aromatic rings. The minimum atomic E-state index is 0.233. The van der Waals surface area contributed by atoms with Crippen molar-refractivity contribution in [3.8, 4) is 5.75 Å². The van der Waals surface area contributed by atoms with Gasteiger partial charge in [-0.15, -0.1) is 0 Å². The minimum absolute atomic E-state index is 0.233. The van der Waals surface area contributed by atoms with Crippen LogP contribution in [0.15, 0.2) is 24.3 Å². The van der Waals surface area contributed by atoms with Gasteiger partial charge in [0.15, 0.2) is 0 Å². The maximum Gasteiger partial charge on any atom is 0.222 e. The number of hydrogen-bond donors (Lipinski definition) is 0. The number of carbonyl (C=O) groups excluding carboxylic acids is 1. The second-order valence-electron chi connectivity index (χ2n) is 4.42. The molecule has 0 unspecified atom stereocenters. The van der Waals surface area contributed by atoms with E-state index in [1.807, 2.05) is 29.2 Å². The lowest BCUT2D eigenvalue weighted by Crippen LogP contribution is -2.32. The highest BCUT2D eigenvalue weighted by molar-refractivity contribution is 9.09. The largest absolute Gasteiger partial charge is 0.491 e. The normalized spacial score (nSPS) is 14.6. The highest BCUT2D eigenvalue weighted by Crippen LogP contribution is 2.22. The zero-order valence-corrected chi connectivity index (χ0v) is 12.0. The van der Waals surface area contributed by atoms with Crippen LogP contribution in [0, 0.1) is 0 Å². The zero-order chi connectivity index (χ0) is 12.8. The molecule has 0 spiro atoms. The van der Waals surface area contributed by atoms with Crippen molar-refractivity contribution in [1.29, 1.82) is 0 Å². The maximum atomic E-state index is 12.1. The highest BCUT2D eigenvalue weighted by atomic mass is 79.9. The Labute approximate surface area is 116 Å². The van der Waals surface area contributed by atoms with Crippen molar-refractivity contribution in [2.75, 3.05) is 18.5 Å². The summed E-state index contributed by atoms with van der Waals surface area (Å²) < 4.78 is 5.65. The van der Waals surface area contributed by atoms with E-state index in [0.717, 1.165) is 29.5 Å². The summed E-state index contributed by atoms with van der Waals surface area (Å²) in [6, 6.07) is 7.95.